The van der Waals surface area contributed by atoms with E-state index in [1.807, 2.05) is 75.6 Å². The fraction of sp³-hybridized carbons (Fsp3) is 0.375. The highest BCUT2D eigenvalue weighted by Crippen LogP contribution is 2.37. The third-order valence-corrected chi connectivity index (χ3v) is 11.9. The van der Waals surface area contributed by atoms with Gasteiger partial charge in [-0.3, -0.25) is 43.3 Å². The summed E-state index contributed by atoms with van der Waals surface area (Å²) in [5.74, 6) is -0.844. The zero-order valence-corrected chi connectivity index (χ0v) is 40.6. The standard InChI is InChI=1S/C21H22ClN5O3.C19H21FN4O5.C6H5Cl.C2H6/c1-11(2)27-16-10-26(15-7-13(22)9-25(4)20(15)28)21(29)17(16)24-18(27)14-6-12(3)8-23-19(14)30-5;1-22-16-13(24(19(22)28)14-4-5-15(26)21-18(14)27)3-2-12(20)17(16)29-11-6-8-23(10-25)9-7-11;7-6-4-2-1-3-5-6;1-2/h6-9,11H,10H2,1-5H3;2-3,10-11,14H,4-9H2,1H3,(H,21,26,27);1-5H;1-2H3. The predicted octanol–water partition coefficient (Wildman–Crippen LogP) is 7.18. The highest BCUT2D eigenvalue weighted by molar-refractivity contribution is 6.31. The van der Waals surface area contributed by atoms with Crippen LogP contribution in [0.5, 0.6) is 11.6 Å². The number of methoxy groups -OCH3 is 1. The van der Waals surface area contributed by atoms with Crippen molar-refractivity contribution in [3.8, 4) is 23.0 Å². The Hall–Kier alpha value is -6.79. The molecular formula is C48H54Cl2FN9O8. The largest absolute Gasteiger partial charge is 0.485 e. The van der Waals surface area contributed by atoms with Gasteiger partial charge in [0.2, 0.25) is 24.1 Å². The molecule has 1 unspecified atom stereocenters. The average Bonchev–Trinajstić information content (AvgIpc) is 3.94. The number of carbonyl (C=O) groups excluding carboxylic acids is 4. The zero-order chi connectivity index (χ0) is 49.6. The van der Waals surface area contributed by atoms with Crippen molar-refractivity contribution in [3.63, 3.8) is 0 Å². The SMILES string of the molecule is CC.COc1ncc(C)cc1-c1nc2c(n1C(C)C)CN(c1cc(Cl)cn(C)c1=O)C2=O.Clc1ccccc1.Cn1c(=O)n(C2CCC(=O)NC2=O)c2ccc(F)c(OC3CCN(C=O)CC3)c21. The van der Waals surface area contributed by atoms with Crippen LogP contribution in [-0.2, 0) is 35.0 Å². The number of benzene rings is 2. The lowest BCUT2D eigenvalue weighted by molar-refractivity contribution is -0.135. The Morgan fingerprint density at radius 1 is 0.941 bits per heavy atom. The second-order valence-corrected chi connectivity index (χ2v) is 17.2. The van der Waals surface area contributed by atoms with Crippen LogP contribution in [0.25, 0.3) is 22.4 Å². The van der Waals surface area contributed by atoms with Gasteiger partial charge in [0.05, 0.1) is 35.5 Å². The first-order valence-electron chi connectivity index (χ1n) is 22.1. The maximum atomic E-state index is 14.7. The van der Waals surface area contributed by atoms with Crippen LogP contribution in [0.15, 0.2) is 76.6 Å². The van der Waals surface area contributed by atoms with Crippen LogP contribution >= 0.6 is 23.2 Å². The van der Waals surface area contributed by atoms with Gasteiger partial charge in [-0.2, -0.15) is 0 Å². The van der Waals surface area contributed by atoms with Crippen LogP contribution in [0.3, 0.4) is 0 Å². The molecule has 1 atom stereocenters. The van der Waals surface area contributed by atoms with Crippen molar-refractivity contribution in [1.29, 1.82) is 0 Å². The number of nitrogens with zero attached hydrogens (tertiary/aromatic N) is 8. The van der Waals surface area contributed by atoms with Crippen LogP contribution in [0.1, 0.15) is 87.2 Å². The molecule has 0 saturated carbocycles. The molecule has 68 heavy (non-hydrogen) atoms. The minimum Gasteiger partial charge on any atom is -0.485 e. The first-order valence-corrected chi connectivity index (χ1v) is 22.9. The van der Waals surface area contributed by atoms with Gasteiger partial charge in [-0.25, -0.2) is 19.2 Å². The van der Waals surface area contributed by atoms with Crippen molar-refractivity contribution in [1.82, 2.24) is 38.5 Å². The number of amides is 4. The first-order chi connectivity index (χ1) is 32.5. The summed E-state index contributed by atoms with van der Waals surface area (Å²) in [6.45, 7) is 11.2. The Morgan fingerprint density at radius 2 is 1.63 bits per heavy atom. The van der Waals surface area contributed by atoms with E-state index in [1.54, 1.807) is 25.3 Å². The maximum absolute atomic E-state index is 14.7. The van der Waals surface area contributed by atoms with Crippen LogP contribution in [-0.4, -0.2) is 83.6 Å². The molecule has 3 aliphatic heterocycles. The van der Waals surface area contributed by atoms with Crippen molar-refractivity contribution in [2.24, 2.45) is 14.1 Å². The van der Waals surface area contributed by atoms with E-state index in [4.69, 9.17) is 32.7 Å². The molecule has 2 saturated heterocycles. The molecule has 0 spiro atoms. The first kappa shape index (κ1) is 50.6. The molecule has 9 rings (SSSR count). The Bertz CT molecular complexity index is 2960. The van der Waals surface area contributed by atoms with Gasteiger partial charge < -0.3 is 23.5 Å². The number of aryl methyl sites for hydroxylation is 3. The maximum Gasteiger partial charge on any atom is 0.329 e. The summed E-state index contributed by atoms with van der Waals surface area (Å²) in [5, 5.41) is 3.42. The van der Waals surface area contributed by atoms with Crippen molar-refractivity contribution in [2.45, 2.75) is 85.0 Å². The van der Waals surface area contributed by atoms with E-state index in [1.165, 1.54) is 50.0 Å². The summed E-state index contributed by atoms with van der Waals surface area (Å²) in [4.78, 5) is 85.4. The van der Waals surface area contributed by atoms with Crippen molar-refractivity contribution < 1.29 is 33.0 Å². The average molecular weight is 975 g/mol. The molecule has 4 aromatic heterocycles. The number of imidazole rings is 2. The summed E-state index contributed by atoms with van der Waals surface area (Å²) < 4.78 is 31.9. The number of aromatic nitrogens is 6. The number of likely N-dealkylation sites (tertiary alicyclic amines) is 1. The van der Waals surface area contributed by atoms with Crippen LogP contribution < -0.4 is 30.9 Å². The number of hydrogen-bond acceptors (Lipinski definition) is 10. The van der Waals surface area contributed by atoms with Gasteiger partial charge in [0.1, 0.15) is 29.2 Å². The normalized spacial score (nSPS) is 15.7. The second-order valence-electron chi connectivity index (χ2n) is 16.3. The molecule has 0 aliphatic carbocycles. The van der Waals surface area contributed by atoms with E-state index < -0.39 is 23.5 Å². The quantitative estimate of drug-likeness (QED) is 0.121. The highest BCUT2D eigenvalue weighted by Gasteiger charge is 2.38. The predicted molar refractivity (Wildman–Crippen MR) is 257 cm³/mol. The van der Waals surface area contributed by atoms with Gasteiger partial charge in [-0.05, 0) is 69.2 Å². The van der Waals surface area contributed by atoms with E-state index in [2.05, 4.69) is 15.3 Å². The molecule has 360 valence electrons. The summed E-state index contributed by atoms with van der Waals surface area (Å²) in [7, 11) is 4.65. The van der Waals surface area contributed by atoms with Crippen molar-refractivity contribution in [2.75, 3.05) is 25.1 Å². The number of fused-ring (bicyclic) bond motifs is 2. The molecule has 17 nitrogen and oxygen atoms in total. The lowest BCUT2D eigenvalue weighted by Gasteiger charge is -2.29. The fourth-order valence-corrected chi connectivity index (χ4v) is 8.64. The number of halogens is 3. The van der Waals surface area contributed by atoms with Gasteiger partial charge in [-0.1, -0.05) is 55.2 Å². The molecular weight excluding hydrogens is 920 g/mol. The van der Waals surface area contributed by atoms with Crippen LogP contribution in [0.4, 0.5) is 10.1 Å². The van der Waals surface area contributed by atoms with E-state index >= 15 is 0 Å². The van der Waals surface area contributed by atoms with Crippen molar-refractivity contribution >= 4 is 64.1 Å². The molecule has 2 aromatic carbocycles. The van der Waals surface area contributed by atoms with E-state index in [9.17, 15) is 33.2 Å². The molecule has 3 aliphatic rings. The van der Waals surface area contributed by atoms with E-state index in [0.29, 0.717) is 53.9 Å². The summed E-state index contributed by atoms with van der Waals surface area (Å²) in [6.07, 6.45) is 5.15. The monoisotopic (exact) mass is 973 g/mol. The minimum atomic E-state index is -0.849. The number of nitrogens with one attached hydrogen (secondary N) is 1. The zero-order valence-electron chi connectivity index (χ0n) is 39.1. The van der Waals surface area contributed by atoms with Gasteiger partial charge in [-0.15, -0.1) is 0 Å². The van der Waals surface area contributed by atoms with Gasteiger partial charge in [0.15, 0.2) is 17.3 Å². The Kier molecular flexibility index (Phi) is 16.3. The summed E-state index contributed by atoms with van der Waals surface area (Å²) >= 11 is 11.7. The minimum absolute atomic E-state index is 0.0245. The smallest absolute Gasteiger partial charge is 0.329 e. The summed E-state index contributed by atoms with van der Waals surface area (Å²) in [6, 6.07) is 14.7. The second kappa shape index (κ2) is 21.9. The number of piperidine rings is 2. The third kappa shape index (κ3) is 10.5. The summed E-state index contributed by atoms with van der Waals surface area (Å²) in [5.41, 5.74) is 2.84. The lowest BCUT2D eigenvalue weighted by Crippen LogP contribution is -2.44. The number of carbonyl (C=O) groups is 4. The molecule has 7 heterocycles. The van der Waals surface area contributed by atoms with E-state index in [-0.39, 0.29) is 65.9 Å². The number of imide groups is 1. The molecule has 20 heteroatoms. The Balaban J connectivity index is 0.000000190. The lowest BCUT2D eigenvalue weighted by atomic mass is 10.1. The van der Waals surface area contributed by atoms with Crippen LogP contribution in [0.2, 0.25) is 10.0 Å². The number of rotatable bonds is 8. The number of hydrogen-bond donors (Lipinski definition) is 1. The van der Waals surface area contributed by atoms with Crippen LogP contribution in [0, 0.1) is 12.7 Å². The van der Waals surface area contributed by atoms with Gasteiger partial charge >= 0.3 is 5.69 Å². The fourth-order valence-electron chi connectivity index (χ4n) is 8.24. The molecule has 1 N–H and O–H groups in total. The van der Waals surface area contributed by atoms with Gasteiger partial charge in [0.25, 0.3) is 11.5 Å². The van der Waals surface area contributed by atoms with E-state index in [0.717, 1.165) is 28.3 Å². The highest BCUT2D eigenvalue weighted by atomic mass is 35.5. The molecule has 2 fully saturated rings. The molecule has 6 aromatic rings. The number of ether oxygens (including phenoxy) is 2. The number of pyridine rings is 2. The molecule has 0 radical (unpaired) electrons. The molecule has 0 bridgehead atoms. The Labute approximate surface area is 402 Å². The van der Waals surface area contributed by atoms with Crippen molar-refractivity contribution in [3.05, 3.63) is 121 Å². The molecule has 4 amide bonds. The third-order valence-electron chi connectivity index (χ3n) is 11.4. The number of anilines is 1. The van der Waals surface area contributed by atoms with Gasteiger partial charge in [0, 0.05) is 69.9 Å². The Morgan fingerprint density at radius 3 is 2.24 bits per heavy atom. The topological polar surface area (TPSA) is 185 Å².